The molecule has 0 aromatic heterocycles. The molecule has 1 fully saturated rings. The molecule has 1 aliphatic heterocycles. The van der Waals surface area contributed by atoms with Crippen LogP contribution < -0.4 is 20.0 Å². The van der Waals surface area contributed by atoms with E-state index in [1.807, 2.05) is 0 Å². The van der Waals surface area contributed by atoms with Crippen LogP contribution in [0.5, 0.6) is 0 Å². The first-order valence-electron chi connectivity index (χ1n) is 12.3. The number of hydrogen-bond donors (Lipinski definition) is 5. The van der Waals surface area contributed by atoms with Gasteiger partial charge in [0.2, 0.25) is 0 Å². The molecule has 1 aliphatic rings. The summed E-state index contributed by atoms with van der Waals surface area (Å²) in [6.45, 7) is 1.19. The molecule has 1 saturated heterocycles. The minimum atomic E-state index is -0.585. The number of rotatable bonds is 14. The number of aliphatic hydroxyl groups excluding tert-OH is 4. The first-order chi connectivity index (χ1) is 18.4. The first kappa shape index (κ1) is 29.0. The summed E-state index contributed by atoms with van der Waals surface area (Å²) in [7, 11) is 0. The van der Waals surface area contributed by atoms with Gasteiger partial charge in [0.25, 0.3) is 11.4 Å². The molecule has 0 radical (unpaired) electrons. The van der Waals surface area contributed by atoms with E-state index in [2.05, 4.69) is 5.32 Å². The number of benzene rings is 2. The Labute approximate surface area is 219 Å². The van der Waals surface area contributed by atoms with Gasteiger partial charge in [-0.3, -0.25) is 20.2 Å². The highest BCUT2D eigenvalue weighted by molar-refractivity contribution is 5.71. The van der Waals surface area contributed by atoms with Crippen molar-refractivity contribution in [3.63, 3.8) is 0 Å². The van der Waals surface area contributed by atoms with Gasteiger partial charge >= 0.3 is 0 Å². The van der Waals surface area contributed by atoms with Crippen molar-refractivity contribution in [1.29, 1.82) is 0 Å². The molecule has 38 heavy (non-hydrogen) atoms. The number of nitro benzene ring substituents is 2. The predicted molar refractivity (Wildman–Crippen MR) is 142 cm³/mol. The van der Waals surface area contributed by atoms with Crippen LogP contribution in [-0.2, 0) is 0 Å². The van der Waals surface area contributed by atoms with Crippen molar-refractivity contribution in [2.75, 3.05) is 86.9 Å². The molecule has 0 aliphatic carbocycles. The number of nitrogens with zero attached hydrogens (tertiary/aromatic N) is 5. The third-order valence-corrected chi connectivity index (χ3v) is 6.49. The summed E-state index contributed by atoms with van der Waals surface area (Å²) < 4.78 is 0. The summed E-state index contributed by atoms with van der Waals surface area (Å²) >= 11 is 0. The van der Waals surface area contributed by atoms with Gasteiger partial charge in [-0.1, -0.05) is 0 Å². The molecule has 2 aromatic carbocycles. The minimum Gasteiger partial charge on any atom is -0.395 e. The number of hydrogen-bond acceptors (Lipinski definition) is 12. The second-order valence-electron chi connectivity index (χ2n) is 8.71. The molecule has 0 saturated carbocycles. The molecule has 14 nitrogen and oxygen atoms in total. The monoisotopic (exact) mass is 534 g/mol. The third kappa shape index (κ3) is 6.65. The van der Waals surface area contributed by atoms with Crippen molar-refractivity contribution in [2.45, 2.75) is 6.04 Å². The Morgan fingerprint density at radius 1 is 0.816 bits per heavy atom. The predicted octanol–water partition coefficient (Wildman–Crippen LogP) is 0.236. The lowest BCUT2D eigenvalue weighted by Gasteiger charge is -2.38. The van der Waals surface area contributed by atoms with Gasteiger partial charge in [0.15, 0.2) is 0 Å². The van der Waals surface area contributed by atoms with Gasteiger partial charge < -0.3 is 40.4 Å². The summed E-state index contributed by atoms with van der Waals surface area (Å²) in [5.74, 6) is 0. The van der Waals surface area contributed by atoms with E-state index in [-0.39, 0.29) is 64.0 Å². The van der Waals surface area contributed by atoms with E-state index in [0.717, 1.165) is 0 Å². The van der Waals surface area contributed by atoms with E-state index in [1.54, 1.807) is 39.0 Å². The maximum absolute atomic E-state index is 12.1. The molecular weight excluding hydrogens is 500 g/mol. The van der Waals surface area contributed by atoms with Crippen molar-refractivity contribution in [1.82, 2.24) is 5.32 Å². The highest BCUT2D eigenvalue weighted by Gasteiger charge is 2.34. The van der Waals surface area contributed by atoms with E-state index in [0.29, 0.717) is 42.3 Å². The molecule has 0 bridgehead atoms. The molecule has 1 atom stereocenters. The van der Waals surface area contributed by atoms with Gasteiger partial charge in [-0.2, -0.15) is 0 Å². The topological polar surface area (TPSA) is 189 Å². The van der Waals surface area contributed by atoms with Crippen LogP contribution in [-0.4, -0.2) is 103 Å². The van der Waals surface area contributed by atoms with Crippen LogP contribution >= 0.6 is 0 Å². The average molecular weight is 535 g/mol. The van der Waals surface area contributed by atoms with Crippen LogP contribution in [0.25, 0.3) is 0 Å². The van der Waals surface area contributed by atoms with Crippen molar-refractivity contribution in [3.8, 4) is 0 Å². The van der Waals surface area contributed by atoms with Crippen LogP contribution in [0.2, 0.25) is 0 Å². The summed E-state index contributed by atoms with van der Waals surface area (Å²) in [5.41, 5.74) is 1.27. The van der Waals surface area contributed by atoms with Crippen LogP contribution in [0.15, 0.2) is 36.4 Å². The Kier molecular flexibility index (Phi) is 10.6. The van der Waals surface area contributed by atoms with E-state index in [4.69, 9.17) is 0 Å². The second-order valence-corrected chi connectivity index (χ2v) is 8.71. The van der Waals surface area contributed by atoms with E-state index in [9.17, 15) is 40.7 Å². The molecule has 5 N–H and O–H groups in total. The number of aliphatic hydroxyl groups is 4. The maximum Gasteiger partial charge on any atom is 0.294 e. The van der Waals surface area contributed by atoms with Gasteiger partial charge in [0.05, 0.1) is 47.9 Å². The third-order valence-electron chi connectivity index (χ3n) is 6.49. The Balaban J connectivity index is 2.06. The highest BCUT2D eigenvalue weighted by Crippen LogP contribution is 2.40. The Morgan fingerprint density at radius 3 is 1.82 bits per heavy atom. The number of nitrogens with one attached hydrogen (secondary N) is 1. The van der Waals surface area contributed by atoms with Crippen LogP contribution in [0.4, 0.5) is 28.4 Å². The summed E-state index contributed by atoms with van der Waals surface area (Å²) in [5, 5.41) is 64.8. The number of anilines is 3. The smallest absolute Gasteiger partial charge is 0.294 e. The zero-order chi connectivity index (χ0) is 27.7. The van der Waals surface area contributed by atoms with Crippen LogP contribution in [0.1, 0.15) is 11.6 Å². The molecular formula is C24H34N6O8. The van der Waals surface area contributed by atoms with Crippen molar-refractivity contribution < 1.29 is 30.3 Å². The normalized spacial score (nSPS) is 15.4. The Hall–Kier alpha value is -3.56. The number of piperazine rings is 1. The quantitative estimate of drug-likeness (QED) is 0.164. The molecule has 1 heterocycles. The highest BCUT2D eigenvalue weighted by atomic mass is 16.6. The molecule has 2 aromatic rings. The van der Waals surface area contributed by atoms with Gasteiger partial charge in [-0.25, -0.2) is 0 Å². The second kappa shape index (κ2) is 13.8. The summed E-state index contributed by atoms with van der Waals surface area (Å²) in [6, 6.07) is 8.76. The van der Waals surface area contributed by atoms with Crippen molar-refractivity contribution in [3.05, 3.63) is 62.2 Å². The Bertz CT molecular complexity index is 1010. The van der Waals surface area contributed by atoms with Crippen molar-refractivity contribution >= 4 is 28.4 Å². The fourth-order valence-corrected chi connectivity index (χ4v) is 4.76. The van der Waals surface area contributed by atoms with Crippen LogP contribution in [0, 0.1) is 20.2 Å². The molecule has 3 rings (SSSR count). The summed E-state index contributed by atoms with van der Waals surface area (Å²) in [6.07, 6.45) is 0. The van der Waals surface area contributed by atoms with Crippen molar-refractivity contribution in [2.24, 2.45) is 0 Å². The molecule has 0 amide bonds. The fourth-order valence-electron chi connectivity index (χ4n) is 4.76. The lowest BCUT2D eigenvalue weighted by atomic mass is 9.99. The van der Waals surface area contributed by atoms with Gasteiger partial charge in [0.1, 0.15) is 5.69 Å². The van der Waals surface area contributed by atoms with E-state index >= 15 is 0 Å². The van der Waals surface area contributed by atoms with E-state index in [1.165, 1.54) is 12.1 Å². The van der Waals surface area contributed by atoms with Gasteiger partial charge in [-0.15, -0.1) is 0 Å². The lowest BCUT2D eigenvalue weighted by molar-refractivity contribution is -0.385. The van der Waals surface area contributed by atoms with E-state index < -0.39 is 15.9 Å². The average Bonchev–Trinajstić information content (AvgIpc) is 2.92. The molecule has 0 spiro atoms. The lowest BCUT2D eigenvalue weighted by Crippen LogP contribution is -2.46. The molecule has 14 heteroatoms. The minimum absolute atomic E-state index is 0.168. The SMILES string of the molecule is O=[N+]([O-])c1cc(N(CCO)CCO)ccc1C1CNCCN1c1ccc(N(CCO)CCO)cc1[N+](=O)[O-]. The fraction of sp³-hybridized carbons (Fsp3) is 0.500. The largest absolute Gasteiger partial charge is 0.395 e. The zero-order valence-electron chi connectivity index (χ0n) is 21.0. The first-order valence-corrected chi connectivity index (χ1v) is 12.3. The zero-order valence-corrected chi connectivity index (χ0v) is 21.0. The number of nitro groups is 2. The van der Waals surface area contributed by atoms with Crippen LogP contribution in [0.3, 0.4) is 0 Å². The van der Waals surface area contributed by atoms with Gasteiger partial charge in [-0.05, 0) is 24.3 Å². The van der Waals surface area contributed by atoms with Gasteiger partial charge in [0, 0.05) is 69.3 Å². The molecule has 1 unspecified atom stereocenters. The Morgan fingerprint density at radius 2 is 1.32 bits per heavy atom. The maximum atomic E-state index is 12.1. The molecule has 208 valence electrons. The standard InChI is InChI=1S/C24H34N6O8/c31-11-7-26(8-12-32)18-1-3-20(22(15-18)29(35)36)24-17-25-5-6-28(24)21-4-2-19(16-23(21)30(37)38)27(9-13-33)10-14-34/h1-4,15-16,24-25,31-34H,5-14,17H2. The summed E-state index contributed by atoms with van der Waals surface area (Å²) in [4.78, 5) is 28.3.